The van der Waals surface area contributed by atoms with E-state index in [4.69, 9.17) is 4.98 Å². The molecule has 1 N–H and O–H groups in total. The number of H-pyrrole nitrogens is 1. The largest absolute Gasteiger partial charge is 0.332 e. The minimum absolute atomic E-state index is 0.202. The van der Waals surface area contributed by atoms with Crippen molar-refractivity contribution in [3.8, 4) is 22.5 Å². The van der Waals surface area contributed by atoms with Crippen molar-refractivity contribution < 1.29 is 0 Å². The van der Waals surface area contributed by atoms with Gasteiger partial charge >= 0.3 is 5.69 Å². The van der Waals surface area contributed by atoms with E-state index in [1.165, 1.54) is 11.0 Å². The van der Waals surface area contributed by atoms with Gasteiger partial charge in [0.15, 0.2) is 11.2 Å². The van der Waals surface area contributed by atoms with Crippen LogP contribution in [-0.2, 0) is 19.6 Å². The Morgan fingerprint density at radius 3 is 2.30 bits per heavy atom. The highest BCUT2D eigenvalue weighted by atomic mass is 16.2. The number of nitrogens with zero attached hydrogens (tertiary/aromatic N) is 7. The van der Waals surface area contributed by atoms with Gasteiger partial charge in [-0.2, -0.15) is 5.21 Å². The molecule has 2 aliphatic rings. The number of aromatic nitrogens is 8. The van der Waals surface area contributed by atoms with Crippen LogP contribution < -0.4 is 11.2 Å². The number of tetrazole rings is 1. The average molecular weight is 579 g/mol. The standard InChI is InChI=1S/C33H38N8O2/c1-21(2)18-40-31-28(32(42)41(33(40)43)20-22-12-13-22)39(30(34-31)25-8-4-3-5-9-25)19-23-14-16-24(17-15-23)26-10-6-7-11-27(26)29-35-37-38-36-29/h6-7,10-11,14-17,21-22,25H,3-5,8-9,12-13,18-20H2,1-2H3,(H,35,36,37,38). The van der Waals surface area contributed by atoms with Crippen LogP contribution in [0.15, 0.2) is 58.1 Å². The summed E-state index contributed by atoms with van der Waals surface area (Å²) in [5, 5.41) is 14.6. The quantitative estimate of drug-likeness (QED) is 0.251. The summed E-state index contributed by atoms with van der Waals surface area (Å²) < 4.78 is 5.39. The van der Waals surface area contributed by atoms with E-state index >= 15 is 0 Å². The maximum absolute atomic E-state index is 14.1. The summed E-state index contributed by atoms with van der Waals surface area (Å²) in [4.78, 5) is 33.0. The van der Waals surface area contributed by atoms with Gasteiger partial charge in [0, 0.05) is 31.1 Å². The highest BCUT2D eigenvalue weighted by Gasteiger charge is 2.29. The fraction of sp³-hybridized carbons (Fsp3) is 0.455. The monoisotopic (exact) mass is 578 g/mol. The Labute approximate surface area is 249 Å². The summed E-state index contributed by atoms with van der Waals surface area (Å²) in [5.41, 5.74) is 4.73. The van der Waals surface area contributed by atoms with Crippen LogP contribution >= 0.6 is 0 Å². The van der Waals surface area contributed by atoms with E-state index < -0.39 is 0 Å². The fourth-order valence-electron chi connectivity index (χ4n) is 6.57. The van der Waals surface area contributed by atoms with Crippen LogP contribution in [0.25, 0.3) is 33.7 Å². The van der Waals surface area contributed by atoms with Crippen LogP contribution in [0.5, 0.6) is 0 Å². The maximum Gasteiger partial charge on any atom is 0.332 e. The molecule has 2 aliphatic carbocycles. The Hall–Kier alpha value is -4.34. The molecule has 0 atom stereocenters. The van der Waals surface area contributed by atoms with E-state index in [1.54, 1.807) is 4.57 Å². The predicted octanol–water partition coefficient (Wildman–Crippen LogP) is 5.37. The third kappa shape index (κ3) is 5.34. The first kappa shape index (κ1) is 27.5. The highest BCUT2D eigenvalue weighted by Crippen LogP contribution is 2.35. The molecule has 7 rings (SSSR count). The van der Waals surface area contributed by atoms with E-state index in [2.05, 4.69) is 69.4 Å². The molecule has 2 fully saturated rings. The summed E-state index contributed by atoms with van der Waals surface area (Å²) >= 11 is 0. The normalized spacial score (nSPS) is 16.0. The Morgan fingerprint density at radius 2 is 1.63 bits per heavy atom. The smallest absolute Gasteiger partial charge is 0.317 e. The third-order valence-electron chi connectivity index (χ3n) is 8.92. The minimum atomic E-state index is -0.220. The maximum atomic E-state index is 14.1. The summed E-state index contributed by atoms with van der Waals surface area (Å²) in [7, 11) is 0. The van der Waals surface area contributed by atoms with Gasteiger partial charge in [0.1, 0.15) is 5.82 Å². The first-order valence-corrected chi connectivity index (χ1v) is 15.6. The number of rotatable bonds is 9. The predicted molar refractivity (Wildman–Crippen MR) is 166 cm³/mol. The molecule has 0 saturated heterocycles. The molecule has 3 aromatic heterocycles. The Balaban J connectivity index is 1.33. The van der Waals surface area contributed by atoms with Crippen molar-refractivity contribution in [1.82, 2.24) is 39.3 Å². The molecule has 0 bridgehead atoms. The van der Waals surface area contributed by atoms with E-state index in [9.17, 15) is 9.59 Å². The van der Waals surface area contributed by atoms with Gasteiger partial charge in [-0.3, -0.25) is 13.9 Å². The molecular formula is C33H38N8O2. The van der Waals surface area contributed by atoms with Crippen molar-refractivity contribution in [3.05, 3.63) is 80.8 Å². The van der Waals surface area contributed by atoms with Crippen molar-refractivity contribution in [2.75, 3.05) is 0 Å². The summed E-state index contributed by atoms with van der Waals surface area (Å²) in [6.45, 7) is 5.76. The molecule has 0 aliphatic heterocycles. The number of benzene rings is 2. The van der Waals surface area contributed by atoms with Gasteiger partial charge < -0.3 is 4.57 Å². The minimum Gasteiger partial charge on any atom is -0.317 e. The van der Waals surface area contributed by atoms with Crippen LogP contribution in [0.3, 0.4) is 0 Å². The Morgan fingerprint density at radius 1 is 0.884 bits per heavy atom. The zero-order valence-corrected chi connectivity index (χ0v) is 24.9. The van der Waals surface area contributed by atoms with Gasteiger partial charge in [-0.25, -0.2) is 9.78 Å². The van der Waals surface area contributed by atoms with Crippen molar-refractivity contribution in [2.24, 2.45) is 11.8 Å². The number of hydrogen-bond acceptors (Lipinski definition) is 6. The first-order valence-electron chi connectivity index (χ1n) is 15.6. The van der Waals surface area contributed by atoms with Crippen LogP contribution in [0.2, 0.25) is 0 Å². The molecule has 222 valence electrons. The van der Waals surface area contributed by atoms with E-state index in [1.807, 2.05) is 18.2 Å². The van der Waals surface area contributed by atoms with Gasteiger partial charge in [0.25, 0.3) is 5.56 Å². The molecule has 0 amide bonds. The number of imidazole rings is 1. The van der Waals surface area contributed by atoms with Crippen LogP contribution in [0, 0.1) is 11.8 Å². The van der Waals surface area contributed by atoms with E-state index in [-0.39, 0.29) is 23.1 Å². The molecule has 5 aromatic rings. The molecule has 43 heavy (non-hydrogen) atoms. The zero-order valence-electron chi connectivity index (χ0n) is 24.9. The van der Waals surface area contributed by atoms with Gasteiger partial charge in [0.2, 0.25) is 5.82 Å². The highest BCUT2D eigenvalue weighted by molar-refractivity contribution is 5.80. The molecule has 10 heteroatoms. The number of fused-ring (bicyclic) bond motifs is 1. The lowest BCUT2D eigenvalue weighted by Crippen LogP contribution is -2.41. The Bertz CT molecular complexity index is 1850. The van der Waals surface area contributed by atoms with Crippen molar-refractivity contribution in [3.63, 3.8) is 0 Å². The second-order valence-corrected chi connectivity index (χ2v) is 12.7. The molecule has 3 heterocycles. The Kier molecular flexibility index (Phi) is 7.28. The molecule has 2 saturated carbocycles. The molecule has 0 unspecified atom stereocenters. The number of nitrogens with one attached hydrogen (secondary N) is 1. The zero-order chi connectivity index (χ0) is 29.5. The summed E-state index contributed by atoms with van der Waals surface area (Å²) in [5.74, 6) is 2.43. The van der Waals surface area contributed by atoms with Crippen molar-refractivity contribution >= 4 is 11.2 Å². The van der Waals surface area contributed by atoms with E-state index in [0.29, 0.717) is 42.5 Å². The first-order chi connectivity index (χ1) is 21.0. The van der Waals surface area contributed by atoms with Crippen LogP contribution in [0.1, 0.15) is 76.1 Å². The molecule has 0 spiro atoms. The topological polar surface area (TPSA) is 116 Å². The van der Waals surface area contributed by atoms with Crippen LogP contribution in [-0.4, -0.2) is 39.3 Å². The molecule has 10 nitrogen and oxygen atoms in total. The second-order valence-electron chi connectivity index (χ2n) is 12.7. The fourth-order valence-corrected chi connectivity index (χ4v) is 6.57. The molecular weight excluding hydrogens is 540 g/mol. The van der Waals surface area contributed by atoms with Crippen molar-refractivity contribution in [2.45, 2.75) is 84.3 Å². The van der Waals surface area contributed by atoms with Gasteiger partial charge in [-0.05, 0) is 59.4 Å². The summed E-state index contributed by atoms with van der Waals surface area (Å²) in [6.07, 6.45) is 7.81. The van der Waals surface area contributed by atoms with Gasteiger partial charge in [0.05, 0.1) is 0 Å². The van der Waals surface area contributed by atoms with Crippen molar-refractivity contribution in [1.29, 1.82) is 0 Å². The van der Waals surface area contributed by atoms with E-state index in [0.717, 1.165) is 66.6 Å². The lowest BCUT2D eigenvalue weighted by molar-refractivity contribution is 0.419. The SMILES string of the molecule is CC(C)Cn1c(=O)n(CC2CC2)c(=O)c2c1nc(C1CCCCC1)n2Cc1ccc(-c2ccccc2-c2nn[nH]n2)cc1. The molecule has 0 radical (unpaired) electrons. The molecule has 2 aromatic carbocycles. The number of hydrogen-bond donors (Lipinski definition) is 1. The average Bonchev–Trinajstić information content (AvgIpc) is 3.52. The van der Waals surface area contributed by atoms with Crippen LogP contribution in [0.4, 0.5) is 0 Å². The van der Waals surface area contributed by atoms with Gasteiger partial charge in [-0.1, -0.05) is 81.6 Å². The lowest BCUT2D eigenvalue weighted by Gasteiger charge is -2.22. The third-order valence-corrected chi connectivity index (χ3v) is 8.92. The second kappa shape index (κ2) is 11.4. The lowest BCUT2D eigenvalue weighted by atomic mass is 9.88. The number of aromatic amines is 1. The van der Waals surface area contributed by atoms with Gasteiger partial charge in [-0.15, -0.1) is 10.2 Å². The summed E-state index contributed by atoms with van der Waals surface area (Å²) in [6, 6.07) is 16.5.